The van der Waals surface area contributed by atoms with E-state index in [1.807, 2.05) is 0 Å². The summed E-state index contributed by atoms with van der Waals surface area (Å²) in [5, 5.41) is 21.5. The predicted molar refractivity (Wildman–Crippen MR) is 16.0 cm³/mol. The maximum Gasteiger partial charge on any atom is 0.631 e. The molecular weight excluding hydrogens is 134 g/mol. The summed E-state index contributed by atoms with van der Waals surface area (Å²) >= 11 is 0. The molecule has 6 heavy (non-hydrogen) atoms. The second-order valence-corrected chi connectivity index (χ2v) is 0.346. The summed E-state index contributed by atoms with van der Waals surface area (Å²) in [5.41, 5.74) is 0. The maximum atomic E-state index is 7.17. The van der Waals surface area contributed by atoms with Crippen LogP contribution in [0.1, 0.15) is 0 Å². The van der Waals surface area contributed by atoms with Crippen molar-refractivity contribution < 1.29 is 37.0 Å². The van der Waals surface area contributed by atoms with Crippen molar-refractivity contribution in [2.75, 3.05) is 0 Å². The van der Waals surface area contributed by atoms with Gasteiger partial charge in [0.2, 0.25) is 0 Å². The molecule has 0 aliphatic rings. The van der Waals surface area contributed by atoms with Crippen molar-refractivity contribution in [2.24, 2.45) is 0 Å². The molecule has 42 valence electrons. The van der Waals surface area contributed by atoms with Crippen LogP contribution in [0.3, 0.4) is 0 Å². The van der Waals surface area contributed by atoms with Crippen molar-refractivity contribution in [2.45, 2.75) is 0 Å². The van der Waals surface area contributed by atoms with Crippen LogP contribution in [-0.2, 0) is 16.5 Å². The van der Waals surface area contributed by atoms with Crippen molar-refractivity contribution in [3.63, 3.8) is 0 Å². The van der Waals surface area contributed by atoms with Crippen molar-refractivity contribution in [3.05, 3.63) is 0 Å². The van der Waals surface area contributed by atoms with E-state index < -0.39 is 7.32 Å². The van der Waals surface area contributed by atoms with Gasteiger partial charge in [0.15, 0.2) is 0 Å². The van der Waals surface area contributed by atoms with E-state index in [4.69, 9.17) is 15.1 Å². The van der Waals surface area contributed by atoms with E-state index in [2.05, 4.69) is 0 Å². The second kappa shape index (κ2) is 9.04. The minimum absolute atomic E-state index is 0. The maximum absolute atomic E-state index is 7.17. The molecule has 0 atom stereocenters. The molecule has 0 radical (unpaired) electrons. The third kappa shape index (κ3) is 320. The Morgan fingerprint density at radius 1 is 1.00 bits per heavy atom. The van der Waals surface area contributed by atoms with Gasteiger partial charge in [-0.3, -0.25) is 0 Å². The average Bonchev–Trinajstić information content (AvgIpc) is 0.811. The minimum atomic E-state index is -2.17. The summed E-state index contributed by atoms with van der Waals surface area (Å²) < 4.78 is 0. The molecule has 5 N–H and O–H groups in total. The average molecular weight is 139 g/mol. The van der Waals surface area contributed by atoms with Gasteiger partial charge in [0.1, 0.15) is 0 Å². The summed E-state index contributed by atoms with van der Waals surface area (Å²) in [6.45, 7) is 0. The van der Waals surface area contributed by atoms with Gasteiger partial charge in [0, 0.05) is 16.5 Å². The van der Waals surface area contributed by atoms with Gasteiger partial charge in [-0.1, -0.05) is 0 Å². The van der Waals surface area contributed by atoms with E-state index in [1.54, 1.807) is 0 Å². The van der Waals surface area contributed by atoms with Crippen LogP contribution in [0.5, 0.6) is 0 Å². The van der Waals surface area contributed by atoms with Crippen LogP contribution in [0.4, 0.5) is 0 Å². The van der Waals surface area contributed by atoms with E-state index in [0.29, 0.717) is 0 Å². The minimum Gasteiger partial charge on any atom is -0.412 e. The first kappa shape index (κ1) is 16.1. The van der Waals surface area contributed by atoms with E-state index in [9.17, 15) is 0 Å². The molecular formula is H5BNiO4. The van der Waals surface area contributed by atoms with Crippen molar-refractivity contribution in [1.82, 2.24) is 0 Å². The van der Waals surface area contributed by atoms with Gasteiger partial charge < -0.3 is 20.5 Å². The van der Waals surface area contributed by atoms with Gasteiger partial charge in [-0.15, -0.1) is 0 Å². The van der Waals surface area contributed by atoms with Crippen LogP contribution in [0.25, 0.3) is 0 Å². The molecule has 4 nitrogen and oxygen atoms in total. The van der Waals surface area contributed by atoms with Gasteiger partial charge in [-0.25, -0.2) is 0 Å². The van der Waals surface area contributed by atoms with Gasteiger partial charge in [-0.05, 0) is 0 Å². The molecule has 0 rings (SSSR count). The van der Waals surface area contributed by atoms with Crippen LogP contribution in [0.2, 0.25) is 0 Å². The first-order chi connectivity index (χ1) is 1.73. The van der Waals surface area contributed by atoms with Crippen LogP contribution in [-0.4, -0.2) is 27.9 Å². The molecule has 6 heteroatoms. The Morgan fingerprint density at radius 3 is 1.00 bits per heavy atom. The molecule has 0 aromatic heterocycles. The van der Waals surface area contributed by atoms with E-state index >= 15 is 0 Å². The Kier molecular flexibility index (Phi) is 24.3. The van der Waals surface area contributed by atoms with Gasteiger partial charge >= 0.3 is 7.32 Å². The number of hydrogen-bond acceptors (Lipinski definition) is 3. The zero-order valence-corrected chi connectivity index (χ0v) is 3.72. The van der Waals surface area contributed by atoms with Gasteiger partial charge in [-0.2, -0.15) is 0 Å². The molecule has 0 aromatic carbocycles. The Labute approximate surface area is 45.2 Å². The molecule has 0 fully saturated rings. The SMILES string of the molecule is O.OB(O)O.[Ni]. The number of hydrogen-bond donors (Lipinski definition) is 3. The van der Waals surface area contributed by atoms with Gasteiger partial charge in [0.25, 0.3) is 0 Å². The van der Waals surface area contributed by atoms with Crippen molar-refractivity contribution >= 4 is 7.32 Å². The fourth-order valence-electron chi connectivity index (χ4n) is 0. The topological polar surface area (TPSA) is 92.2 Å². The first-order valence-electron chi connectivity index (χ1n) is 0.775. The predicted octanol–water partition coefficient (Wildman–Crippen LogP) is -2.88. The van der Waals surface area contributed by atoms with E-state index in [1.165, 1.54) is 0 Å². The number of rotatable bonds is 0. The molecule has 0 aromatic rings. The Morgan fingerprint density at radius 2 is 1.00 bits per heavy atom. The van der Waals surface area contributed by atoms with Crippen LogP contribution in [0.15, 0.2) is 0 Å². The van der Waals surface area contributed by atoms with Crippen molar-refractivity contribution in [3.8, 4) is 0 Å². The smallest absolute Gasteiger partial charge is 0.412 e. The molecule has 0 spiro atoms. The fourth-order valence-corrected chi connectivity index (χ4v) is 0. The molecule has 0 amide bonds. The normalized spacial score (nSPS) is 4.50. The molecule has 0 saturated heterocycles. The van der Waals surface area contributed by atoms with Gasteiger partial charge in [0.05, 0.1) is 0 Å². The van der Waals surface area contributed by atoms with E-state index in [0.717, 1.165) is 0 Å². The Bertz CT molecular complexity index is 12.3. The quantitative estimate of drug-likeness (QED) is 0.314. The molecule has 0 unspecified atom stereocenters. The van der Waals surface area contributed by atoms with Crippen LogP contribution < -0.4 is 0 Å². The summed E-state index contributed by atoms with van der Waals surface area (Å²) in [4.78, 5) is 0. The first-order valence-corrected chi connectivity index (χ1v) is 0.775. The molecule has 0 bridgehead atoms. The third-order valence-corrected chi connectivity index (χ3v) is 0. The van der Waals surface area contributed by atoms with E-state index in [-0.39, 0.29) is 22.0 Å². The monoisotopic (exact) mass is 138 g/mol. The molecule has 0 aliphatic carbocycles. The van der Waals surface area contributed by atoms with Crippen molar-refractivity contribution in [1.29, 1.82) is 0 Å². The van der Waals surface area contributed by atoms with Crippen LogP contribution in [0, 0.1) is 0 Å². The molecule has 0 saturated carbocycles. The largest absolute Gasteiger partial charge is 0.631 e. The third-order valence-electron chi connectivity index (χ3n) is 0. The molecule has 0 aliphatic heterocycles. The Balaban J connectivity index is -0.0000000450. The zero-order chi connectivity index (χ0) is 3.58. The standard InChI is InChI=1S/BH3O3.Ni.H2O/c2-1(3)4;;/h2-4H;;1H2. The van der Waals surface area contributed by atoms with Crippen LogP contribution >= 0.6 is 0 Å². The summed E-state index contributed by atoms with van der Waals surface area (Å²) in [6.07, 6.45) is 0. The Hall–Kier alpha value is 0.398. The molecule has 0 heterocycles. The summed E-state index contributed by atoms with van der Waals surface area (Å²) in [6, 6.07) is 0. The summed E-state index contributed by atoms with van der Waals surface area (Å²) in [5.74, 6) is 0. The fraction of sp³-hybridized carbons (Fsp3) is 0. The second-order valence-electron chi connectivity index (χ2n) is 0.346. The summed E-state index contributed by atoms with van der Waals surface area (Å²) in [7, 11) is -2.17. The zero-order valence-electron chi connectivity index (χ0n) is 2.74.